The van der Waals surface area contributed by atoms with Gasteiger partial charge in [-0.1, -0.05) is 0 Å². The van der Waals surface area contributed by atoms with E-state index in [1.165, 1.54) is 38.5 Å². The molecule has 10 aliphatic heterocycles. The van der Waals surface area contributed by atoms with Crippen LogP contribution in [-0.4, -0.2) is 23.4 Å². The average Bonchev–Trinajstić information content (AvgIpc) is 3.21. The van der Waals surface area contributed by atoms with Gasteiger partial charge in [0, 0.05) is 0 Å². The Morgan fingerprint density at radius 1 is 0.938 bits per heavy atom. The molecule has 0 aromatic heterocycles. The van der Waals surface area contributed by atoms with Crippen LogP contribution in [-0.2, 0) is 6.51 Å². The minimum absolute atomic E-state index is 0.973. The standard InChI is InChI=1S/C9H14N.C5H5.Fe/c1-4-8-6-5-7-9(8)10(2)3;1-2-4-5-3-1;/h5-7H,4H2,1-3H3;1-5H;. The van der Waals surface area contributed by atoms with Gasteiger partial charge in [0.2, 0.25) is 0 Å². The predicted octanol–water partition coefficient (Wildman–Crippen LogP) is 3.63. The second-order valence-electron chi connectivity index (χ2n) is 11.1. The Morgan fingerprint density at radius 2 is 1.50 bits per heavy atom. The van der Waals surface area contributed by atoms with E-state index < -0.39 is 6.51 Å². The topological polar surface area (TPSA) is 3.24 Å². The Morgan fingerprint density at radius 3 is 1.69 bits per heavy atom. The summed E-state index contributed by atoms with van der Waals surface area (Å²) in [7, 11) is 4.97. The Hall–Kier alpha value is 0.479. The number of rotatable bonds is 2. The van der Waals surface area contributed by atoms with Crippen molar-refractivity contribution in [2.75, 3.05) is 14.1 Å². The predicted molar refractivity (Wildman–Crippen MR) is 59.4 cm³/mol. The van der Waals surface area contributed by atoms with E-state index in [-0.39, 0.29) is 0 Å². The molecule has 1 nitrogen and oxygen atoms in total. The molecule has 0 radical (unpaired) electrons. The molecule has 10 saturated heterocycles. The van der Waals surface area contributed by atoms with Crippen molar-refractivity contribution in [3.63, 3.8) is 0 Å². The first-order valence-electron chi connectivity index (χ1n) is 7.33. The van der Waals surface area contributed by atoms with Crippen LogP contribution in [0.2, 0.25) is 42.8 Å². The molecule has 0 saturated carbocycles. The van der Waals surface area contributed by atoms with E-state index in [4.69, 9.17) is 0 Å². The molecular formula is C14H19FeN. The van der Waals surface area contributed by atoms with Crippen molar-refractivity contribution in [2.24, 2.45) is 0 Å². The average molecular weight is 257 g/mol. The summed E-state index contributed by atoms with van der Waals surface area (Å²) < 4.78 is 2.05. The Kier molecular flexibility index (Phi) is 0.169. The number of hydrogen-bond acceptors (Lipinski definition) is 1. The Balaban J connectivity index is 1.82. The van der Waals surface area contributed by atoms with Crippen LogP contribution in [0.5, 0.6) is 0 Å². The fraction of sp³-hybridized carbons (Fsp3) is 1.00. The summed E-state index contributed by atoms with van der Waals surface area (Å²) in [5, 5.41) is 0. The van der Waals surface area contributed by atoms with Gasteiger partial charge in [-0.15, -0.1) is 0 Å². The molecule has 4 unspecified atom stereocenters. The summed E-state index contributed by atoms with van der Waals surface area (Å²) in [6, 6.07) is 0. The summed E-state index contributed by atoms with van der Waals surface area (Å²) in [4.78, 5) is 14.6. The molecule has 16 heavy (non-hydrogen) atoms. The molecule has 0 aromatic carbocycles. The summed E-state index contributed by atoms with van der Waals surface area (Å²) in [5.41, 5.74) is 0. The van der Waals surface area contributed by atoms with Crippen molar-refractivity contribution in [2.45, 2.75) is 60.6 Å². The van der Waals surface area contributed by atoms with Crippen LogP contribution < -0.4 is 0 Å². The van der Waals surface area contributed by atoms with Gasteiger partial charge in [-0.25, -0.2) is 0 Å². The second-order valence-corrected chi connectivity index (χ2v) is 34.4. The van der Waals surface area contributed by atoms with Gasteiger partial charge in [0.05, 0.1) is 0 Å². The zero-order chi connectivity index (χ0) is 10.2. The Bertz CT molecular complexity index is 933. The van der Waals surface area contributed by atoms with E-state index in [2.05, 4.69) is 25.9 Å². The van der Waals surface area contributed by atoms with E-state index in [0.29, 0.717) is 0 Å². The third-order valence-electron chi connectivity index (χ3n) is 16.3. The third kappa shape index (κ3) is 0.0470. The zero-order valence-corrected chi connectivity index (χ0v) is 11.2. The summed E-state index contributed by atoms with van der Waals surface area (Å²) >= 11 is 0. The SMILES string of the molecule is CC[C@@]12[CH]3[CH]4[CH]5[C]1(N(C)C)[Fe]45321678[CH]2[CH]1[CH]6[CH]7[CH]28. The van der Waals surface area contributed by atoms with Gasteiger partial charge in [0.15, 0.2) is 0 Å². The fourth-order valence-electron chi connectivity index (χ4n) is 19.3. The molecule has 10 fully saturated rings. The van der Waals surface area contributed by atoms with Gasteiger partial charge in [-0.3, -0.25) is 0 Å². The molecule has 0 amide bonds. The molecule has 0 aromatic rings. The van der Waals surface area contributed by atoms with Crippen molar-refractivity contribution in [3.05, 3.63) is 0 Å². The van der Waals surface area contributed by atoms with Crippen molar-refractivity contribution in [1.29, 1.82) is 0 Å². The van der Waals surface area contributed by atoms with Crippen LogP contribution in [0.15, 0.2) is 0 Å². The van der Waals surface area contributed by atoms with Crippen molar-refractivity contribution in [1.82, 2.24) is 4.90 Å². The number of hydrogen-bond donors (Lipinski definition) is 0. The molecular weight excluding hydrogens is 238 g/mol. The maximum atomic E-state index is 2.86. The second kappa shape index (κ2) is 0.444. The molecule has 5 atom stereocenters. The van der Waals surface area contributed by atoms with Crippen LogP contribution >= 0.6 is 0 Å². The number of fused-ring (bicyclic) bond motifs is 10. The van der Waals surface area contributed by atoms with Gasteiger partial charge >= 0.3 is 86.1 Å². The van der Waals surface area contributed by atoms with E-state index >= 15 is 0 Å². The van der Waals surface area contributed by atoms with E-state index in [9.17, 15) is 0 Å². The van der Waals surface area contributed by atoms with Crippen LogP contribution in [0.1, 0.15) is 13.3 Å². The van der Waals surface area contributed by atoms with Crippen molar-refractivity contribution in [3.8, 4) is 0 Å². The first-order valence-corrected chi connectivity index (χ1v) is 13.5. The molecule has 10 heterocycles. The zero-order valence-electron chi connectivity index (χ0n) is 10.1. The number of nitrogens with zero attached hydrogens (tertiary/aromatic N) is 1. The summed E-state index contributed by atoms with van der Waals surface area (Å²) in [6.07, 6.45) is 1.62. The molecule has 10 aliphatic rings. The van der Waals surface area contributed by atoms with Gasteiger partial charge in [-0.2, -0.15) is 0 Å². The van der Waals surface area contributed by atoms with Crippen LogP contribution in [0.25, 0.3) is 0 Å². The Labute approximate surface area is 86.2 Å². The van der Waals surface area contributed by atoms with E-state index in [0.717, 1.165) is 8.75 Å². The normalized spacial score (nSPS) is 131. The van der Waals surface area contributed by atoms with Crippen LogP contribution in [0, 0.1) is 0 Å². The van der Waals surface area contributed by atoms with Crippen LogP contribution in [0.4, 0.5) is 0 Å². The first-order chi connectivity index (χ1) is 7.44. The van der Waals surface area contributed by atoms with Gasteiger partial charge in [0.1, 0.15) is 0 Å². The van der Waals surface area contributed by atoms with Crippen molar-refractivity contribution < 1.29 is 6.51 Å². The van der Waals surface area contributed by atoms with Crippen molar-refractivity contribution >= 4 is 0 Å². The molecule has 0 N–H and O–H groups in total. The third-order valence-corrected chi connectivity index (χ3v) is 59.8. The monoisotopic (exact) mass is 257 g/mol. The fourth-order valence-corrected chi connectivity index (χ4v) is 97.7. The molecule has 88 valence electrons. The maximum absolute atomic E-state index is 2.88. The molecule has 1 spiro atoms. The first kappa shape index (κ1) is 6.08. The van der Waals surface area contributed by atoms with Gasteiger partial charge < -0.3 is 0 Å². The molecule has 2 heteroatoms. The minimum atomic E-state index is -2.88. The van der Waals surface area contributed by atoms with Crippen LogP contribution in [0.3, 0.4) is 0 Å². The summed E-state index contributed by atoms with van der Waals surface area (Å²) in [5.74, 6) is 0. The quantitative estimate of drug-likeness (QED) is 0.683. The molecule has 0 bridgehead atoms. The van der Waals surface area contributed by atoms with Gasteiger partial charge in [-0.05, 0) is 0 Å². The van der Waals surface area contributed by atoms with E-state index in [1.807, 2.05) is 0 Å². The summed E-state index contributed by atoms with van der Waals surface area (Å²) in [6.45, 7) is -0.293. The molecule has 10 rings (SSSR count). The van der Waals surface area contributed by atoms with Gasteiger partial charge in [0.25, 0.3) is 0 Å². The molecule has 0 aliphatic carbocycles. The van der Waals surface area contributed by atoms with E-state index in [1.54, 1.807) is 6.42 Å².